The van der Waals surface area contributed by atoms with Gasteiger partial charge in [0.15, 0.2) is 0 Å². The van der Waals surface area contributed by atoms with Crippen LogP contribution in [0.5, 0.6) is 0 Å². The third-order valence-corrected chi connectivity index (χ3v) is 3.30. The molecule has 0 fully saturated rings. The zero-order valence-corrected chi connectivity index (χ0v) is 8.84. The van der Waals surface area contributed by atoms with E-state index in [4.69, 9.17) is 17.3 Å². The lowest BCUT2D eigenvalue weighted by atomic mass is 10.2. The highest BCUT2D eigenvalue weighted by Gasteiger charge is 2.04. The summed E-state index contributed by atoms with van der Waals surface area (Å²) in [6, 6.07) is 2.13. The molecule has 0 spiro atoms. The number of aryl methyl sites for hydroxylation is 1. The van der Waals surface area contributed by atoms with E-state index in [0.717, 1.165) is 16.3 Å². The molecule has 0 aliphatic carbocycles. The predicted molar refractivity (Wildman–Crippen MR) is 55.8 cm³/mol. The molecular formula is C9H14ClNS. The lowest BCUT2D eigenvalue weighted by Gasteiger charge is -1.91. The molecule has 0 atom stereocenters. The molecule has 68 valence electrons. The molecule has 0 saturated heterocycles. The molecule has 0 saturated carbocycles. The van der Waals surface area contributed by atoms with Gasteiger partial charge in [0.25, 0.3) is 0 Å². The quantitative estimate of drug-likeness (QED) is 0.799. The minimum atomic E-state index is 0.557. The molecule has 1 aromatic heterocycles. The molecule has 1 aromatic rings. The van der Waals surface area contributed by atoms with Gasteiger partial charge in [0.2, 0.25) is 0 Å². The monoisotopic (exact) mass is 203 g/mol. The topological polar surface area (TPSA) is 26.0 Å². The summed E-state index contributed by atoms with van der Waals surface area (Å²) in [5.74, 6) is 0. The fourth-order valence-corrected chi connectivity index (χ4v) is 2.45. The third kappa shape index (κ3) is 2.47. The number of hydrogen-bond acceptors (Lipinski definition) is 2. The van der Waals surface area contributed by atoms with Crippen molar-refractivity contribution in [3.8, 4) is 0 Å². The first-order chi connectivity index (χ1) is 5.77. The molecule has 0 amide bonds. The van der Waals surface area contributed by atoms with Crippen LogP contribution in [0.3, 0.4) is 0 Å². The van der Waals surface area contributed by atoms with Crippen LogP contribution in [0.2, 0.25) is 4.34 Å². The fraction of sp³-hybridized carbons (Fsp3) is 0.556. The molecule has 1 heterocycles. The summed E-state index contributed by atoms with van der Waals surface area (Å²) in [4.78, 5) is 1.36. The SMILES string of the molecule is CCCCc1cc(CN)c(Cl)s1. The highest BCUT2D eigenvalue weighted by molar-refractivity contribution is 7.16. The second-order valence-electron chi connectivity index (χ2n) is 2.82. The second-order valence-corrected chi connectivity index (χ2v) is 4.56. The summed E-state index contributed by atoms with van der Waals surface area (Å²) in [6.45, 7) is 2.75. The van der Waals surface area contributed by atoms with Gasteiger partial charge in [0.1, 0.15) is 0 Å². The van der Waals surface area contributed by atoms with Crippen LogP contribution >= 0.6 is 22.9 Å². The van der Waals surface area contributed by atoms with E-state index in [2.05, 4.69) is 13.0 Å². The number of unbranched alkanes of at least 4 members (excludes halogenated alkanes) is 1. The van der Waals surface area contributed by atoms with E-state index in [1.165, 1.54) is 17.7 Å². The lowest BCUT2D eigenvalue weighted by Crippen LogP contribution is -1.93. The molecule has 1 nitrogen and oxygen atoms in total. The van der Waals surface area contributed by atoms with Crippen molar-refractivity contribution in [1.29, 1.82) is 0 Å². The number of nitrogens with two attached hydrogens (primary N) is 1. The lowest BCUT2D eigenvalue weighted by molar-refractivity contribution is 0.803. The zero-order chi connectivity index (χ0) is 8.97. The van der Waals surface area contributed by atoms with Crippen LogP contribution in [0.25, 0.3) is 0 Å². The van der Waals surface area contributed by atoms with E-state index >= 15 is 0 Å². The first kappa shape index (κ1) is 10.0. The van der Waals surface area contributed by atoms with Crippen molar-refractivity contribution in [2.45, 2.75) is 32.7 Å². The standard InChI is InChI=1S/C9H14ClNS/c1-2-3-4-8-5-7(6-11)9(10)12-8/h5H,2-4,6,11H2,1H3. The van der Waals surface area contributed by atoms with Crippen LogP contribution in [0.15, 0.2) is 6.07 Å². The fourth-order valence-electron chi connectivity index (χ4n) is 1.07. The van der Waals surface area contributed by atoms with Crippen LogP contribution < -0.4 is 5.73 Å². The normalized spacial score (nSPS) is 10.6. The maximum Gasteiger partial charge on any atom is 0.0976 e. The van der Waals surface area contributed by atoms with Crippen LogP contribution in [-0.4, -0.2) is 0 Å². The molecule has 1 rings (SSSR count). The van der Waals surface area contributed by atoms with E-state index in [1.807, 2.05) is 0 Å². The molecule has 0 aromatic carbocycles. The zero-order valence-electron chi connectivity index (χ0n) is 7.27. The summed E-state index contributed by atoms with van der Waals surface area (Å²) >= 11 is 7.63. The van der Waals surface area contributed by atoms with Crippen LogP contribution in [0.1, 0.15) is 30.2 Å². The summed E-state index contributed by atoms with van der Waals surface area (Å²) in [7, 11) is 0. The maximum atomic E-state index is 5.96. The van der Waals surface area contributed by atoms with E-state index in [0.29, 0.717) is 6.54 Å². The molecule has 2 N–H and O–H groups in total. The molecule has 0 radical (unpaired) electrons. The third-order valence-electron chi connectivity index (χ3n) is 1.81. The Labute approximate surface area is 82.5 Å². The Kier molecular flexibility index (Phi) is 4.06. The van der Waals surface area contributed by atoms with Gasteiger partial charge in [0.05, 0.1) is 4.34 Å². The van der Waals surface area contributed by atoms with Crippen molar-refractivity contribution < 1.29 is 0 Å². The largest absolute Gasteiger partial charge is 0.326 e. The minimum Gasteiger partial charge on any atom is -0.326 e. The number of thiophene rings is 1. The van der Waals surface area contributed by atoms with Crippen molar-refractivity contribution >= 4 is 22.9 Å². The van der Waals surface area contributed by atoms with Gasteiger partial charge in [-0.2, -0.15) is 0 Å². The highest BCUT2D eigenvalue weighted by Crippen LogP contribution is 2.28. The van der Waals surface area contributed by atoms with Crippen LogP contribution in [0, 0.1) is 0 Å². The van der Waals surface area contributed by atoms with Crippen molar-refractivity contribution in [1.82, 2.24) is 0 Å². The first-order valence-electron chi connectivity index (χ1n) is 4.25. The number of hydrogen-bond donors (Lipinski definition) is 1. The maximum absolute atomic E-state index is 5.96. The molecule has 0 unspecified atom stereocenters. The summed E-state index contributed by atoms with van der Waals surface area (Å²) in [6.07, 6.45) is 3.61. The van der Waals surface area contributed by atoms with Gasteiger partial charge in [0, 0.05) is 11.4 Å². The van der Waals surface area contributed by atoms with Gasteiger partial charge in [-0.05, 0) is 24.5 Å². The Balaban J connectivity index is 2.62. The molecular weight excluding hydrogens is 190 g/mol. The molecule has 0 bridgehead atoms. The second kappa shape index (κ2) is 4.85. The van der Waals surface area contributed by atoms with Crippen molar-refractivity contribution in [2.24, 2.45) is 5.73 Å². The Morgan fingerprint density at radius 3 is 2.83 bits per heavy atom. The molecule has 0 aliphatic heterocycles. The van der Waals surface area contributed by atoms with Gasteiger partial charge in [-0.25, -0.2) is 0 Å². The summed E-state index contributed by atoms with van der Waals surface area (Å²) in [5, 5.41) is 0. The van der Waals surface area contributed by atoms with Crippen LogP contribution in [-0.2, 0) is 13.0 Å². The minimum absolute atomic E-state index is 0.557. The van der Waals surface area contributed by atoms with Gasteiger partial charge >= 0.3 is 0 Å². The molecule has 3 heteroatoms. The summed E-state index contributed by atoms with van der Waals surface area (Å²) in [5.41, 5.74) is 6.61. The van der Waals surface area contributed by atoms with Gasteiger partial charge in [-0.1, -0.05) is 24.9 Å². The van der Waals surface area contributed by atoms with Crippen molar-refractivity contribution in [2.75, 3.05) is 0 Å². The average Bonchev–Trinajstić information content (AvgIpc) is 2.43. The van der Waals surface area contributed by atoms with Gasteiger partial charge < -0.3 is 5.73 Å². The summed E-state index contributed by atoms with van der Waals surface area (Å²) < 4.78 is 0.864. The van der Waals surface area contributed by atoms with Crippen molar-refractivity contribution in [3.05, 3.63) is 20.8 Å². The van der Waals surface area contributed by atoms with E-state index in [9.17, 15) is 0 Å². The van der Waals surface area contributed by atoms with Gasteiger partial charge in [-0.15, -0.1) is 11.3 Å². The first-order valence-corrected chi connectivity index (χ1v) is 5.44. The van der Waals surface area contributed by atoms with Gasteiger partial charge in [-0.3, -0.25) is 0 Å². The van der Waals surface area contributed by atoms with E-state index in [-0.39, 0.29) is 0 Å². The predicted octanol–water partition coefficient (Wildman–Crippen LogP) is 3.20. The smallest absolute Gasteiger partial charge is 0.0976 e. The Hall–Kier alpha value is -0.0500. The van der Waals surface area contributed by atoms with E-state index < -0.39 is 0 Å². The van der Waals surface area contributed by atoms with Crippen LogP contribution in [0.4, 0.5) is 0 Å². The number of halogens is 1. The van der Waals surface area contributed by atoms with Crippen molar-refractivity contribution in [3.63, 3.8) is 0 Å². The Bertz CT molecular complexity index is 245. The molecule has 0 aliphatic rings. The molecule has 12 heavy (non-hydrogen) atoms. The average molecular weight is 204 g/mol. The Morgan fingerprint density at radius 2 is 2.33 bits per heavy atom. The highest BCUT2D eigenvalue weighted by atomic mass is 35.5. The Morgan fingerprint density at radius 1 is 1.58 bits per heavy atom. The number of rotatable bonds is 4. The van der Waals surface area contributed by atoms with E-state index in [1.54, 1.807) is 11.3 Å².